The first kappa shape index (κ1) is 14.0. The highest BCUT2D eigenvalue weighted by Crippen LogP contribution is 2.14. The van der Waals surface area contributed by atoms with Gasteiger partial charge in [-0.05, 0) is 39.9 Å². The lowest BCUT2D eigenvalue weighted by Crippen LogP contribution is -2.45. The summed E-state index contributed by atoms with van der Waals surface area (Å²) in [5.41, 5.74) is 0. The topological polar surface area (TPSA) is 49.9 Å². The number of nitrogens with zero attached hydrogens (tertiary/aromatic N) is 2. The molecule has 1 heterocycles. The fourth-order valence-corrected chi connectivity index (χ4v) is 2.05. The van der Waals surface area contributed by atoms with Crippen molar-refractivity contribution in [1.82, 2.24) is 9.80 Å². The van der Waals surface area contributed by atoms with Crippen LogP contribution in [0.5, 0.6) is 0 Å². The van der Waals surface area contributed by atoms with Crippen LogP contribution in [0, 0.1) is 0 Å². The molecule has 0 N–H and O–H groups in total. The highest BCUT2D eigenvalue weighted by Gasteiger charge is 2.25. The molecular weight excluding hydrogens is 220 g/mol. The van der Waals surface area contributed by atoms with Crippen LogP contribution in [-0.4, -0.2) is 61.5 Å². The van der Waals surface area contributed by atoms with E-state index in [1.807, 2.05) is 0 Å². The maximum absolute atomic E-state index is 11.8. The summed E-state index contributed by atoms with van der Waals surface area (Å²) in [6.07, 6.45) is 1.81. The zero-order valence-corrected chi connectivity index (χ0v) is 10.9. The minimum Gasteiger partial charge on any atom is -0.466 e. The Morgan fingerprint density at radius 3 is 2.47 bits per heavy atom. The van der Waals surface area contributed by atoms with Gasteiger partial charge in [0.1, 0.15) is 6.42 Å². The summed E-state index contributed by atoms with van der Waals surface area (Å²) in [4.78, 5) is 27.0. The van der Waals surface area contributed by atoms with Crippen molar-refractivity contribution in [3.63, 3.8) is 0 Å². The van der Waals surface area contributed by atoms with Crippen LogP contribution in [0.4, 0.5) is 0 Å². The molecule has 5 nitrogen and oxygen atoms in total. The number of piperidine rings is 1. The smallest absolute Gasteiger partial charge is 0.315 e. The molecule has 0 bridgehead atoms. The quantitative estimate of drug-likeness (QED) is 0.532. The zero-order valence-electron chi connectivity index (χ0n) is 10.9. The van der Waals surface area contributed by atoms with E-state index >= 15 is 0 Å². The molecule has 0 aliphatic carbocycles. The fraction of sp³-hybridized carbons (Fsp3) is 0.833. The second kappa shape index (κ2) is 6.59. The third-order valence-electron chi connectivity index (χ3n) is 3.23. The number of esters is 1. The average molecular weight is 242 g/mol. The number of rotatable bonds is 4. The van der Waals surface area contributed by atoms with Gasteiger partial charge in [0, 0.05) is 13.1 Å². The molecule has 0 spiro atoms. The second-order valence-electron chi connectivity index (χ2n) is 4.52. The molecule has 17 heavy (non-hydrogen) atoms. The van der Waals surface area contributed by atoms with Crippen LogP contribution in [0.25, 0.3) is 0 Å². The SMILES string of the molecule is CCOC(=O)CC(=O)N(C)C1CCN(C)CC1. The molecule has 0 unspecified atom stereocenters. The molecule has 0 saturated carbocycles. The van der Waals surface area contributed by atoms with Crippen LogP contribution in [-0.2, 0) is 14.3 Å². The van der Waals surface area contributed by atoms with Crippen molar-refractivity contribution in [2.24, 2.45) is 0 Å². The van der Waals surface area contributed by atoms with Gasteiger partial charge in [-0.15, -0.1) is 0 Å². The van der Waals surface area contributed by atoms with Crippen LogP contribution in [0.2, 0.25) is 0 Å². The normalized spacial score (nSPS) is 17.8. The molecule has 5 heteroatoms. The van der Waals surface area contributed by atoms with Gasteiger partial charge in [0.15, 0.2) is 0 Å². The lowest BCUT2D eigenvalue weighted by atomic mass is 10.0. The monoisotopic (exact) mass is 242 g/mol. The third-order valence-corrected chi connectivity index (χ3v) is 3.23. The highest BCUT2D eigenvalue weighted by atomic mass is 16.5. The van der Waals surface area contributed by atoms with Crippen LogP contribution in [0.1, 0.15) is 26.2 Å². The van der Waals surface area contributed by atoms with E-state index in [-0.39, 0.29) is 18.4 Å². The standard InChI is InChI=1S/C12H22N2O3/c1-4-17-12(16)9-11(15)14(3)10-5-7-13(2)8-6-10/h10H,4-9H2,1-3H3. The van der Waals surface area contributed by atoms with E-state index in [4.69, 9.17) is 4.74 Å². The summed E-state index contributed by atoms with van der Waals surface area (Å²) in [5.74, 6) is -0.574. The van der Waals surface area contributed by atoms with E-state index in [9.17, 15) is 9.59 Å². The Hall–Kier alpha value is -1.10. The number of likely N-dealkylation sites (tertiary alicyclic amines) is 1. The molecule has 0 atom stereocenters. The van der Waals surface area contributed by atoms with E-state index < -0.39 is 5.97 Å². The van der Waals surface area contributed by atoms with Crippen molar-refractivity contribution in [1.29, 1.82) is 0 Å². The number of ether oxygens (including phenoxy) is 1. The summed E-state index contributed by atoms with van der Waals surface area (Å²) in [7, 11) is 3.86. The van der Waals surface area contributed by atoms with Crippen LogP contribution < -0.4 is 0 Å². The van der Waals surface area contributed by atoms with Gasteiger partial charge in [0.05, 0.1) is 6.61 Å². The largest absolute Gasteiger partial charge is 0.466 e. The Labute approximate surface area is 103 Å². The van der Waals surface area contributed by atoms with Gasteiger partial charge in [0.25, 0.3) is 0 Å². The maximum atomic E-state index is 11.8. The van der Waals surface area contributed by atoms with Crippen molar-refractivity contribution in [3.05, 3.63) is 0 Å². The molecule has 0 aromatic carbocycles. The zero-order chi connectivity index (χ0) is 12.8. The van der Waals surface area contributed by atoms with Gasteiger partial charge in [0.2, 0.25) is 5.91 Å². The predicted octanol–water partition coefficient (Wildman–Crippen LogP) is 0.492. The Morgan fingerprint density at radius 1 is 1.35 bits per heavy atom. The second-order valence-corrected chi connectivity index (χ2v) is 4.52. The molecular formula is C12H22N2O3. The summed E-state index contributed by atoms with van der Waals surface area (Å²) >= 11 is 0. The summed E-state index contributed by atoms with van der Waals surface area (Å²) < 4.78 is 4.77. The van der Waals surface area contributed by atoms with Gasteiger partial charge in [-0.1, -0.05) is 0 Å². The molecule has 98 valence electrons. The van der Waals surface area contributed by atoms with Crippen LogP contribution >= 0.6 is 0 Å². The summed E-state index contributed by atoms with van der Waals surface area (Å²) in [6.45, 7) is 4.07. The van der Waals surface area contributed by atoms with Crippen LogP contribution in [0.15, 0.2) is 0 Å². The lowest BCUT2D eigenvalue weighted by Gasteiger charge is -2.35. The predicted molar refractivity (Wildman–Crippen MR) is 64.5 cm³/mol. The van der Waals surface area contributed by atoms with Crippen molar-refractivity contribution >= 4 is 11.9 Å². The van der Waals surface area contributed by atoms with E-state index in [0.717, 1.165) is 25.9 Å². The van der Waals surface area contributed by atoms with Crippen molar-refractivity contribution < 1.29 is 14.3 Å². The number of hydrogen-bond donors (Lipinski definition) is 0. The minimum atomic E-state index is -0.433. The van der Waals surface area contributed by atoms with Gasteiger partial charge in [-0.2, -0.15) is 0 Å². The van der Waals surface area contributed by atoms with E-state index in [2.05, 4.69) is 11.9 Å². The first-order valence-corrected chi connectivity index (χ1v) is 6.14. The molecule has 1 amide bonds. The maximum Gasteiger partial charge on any atom is 0.315 e. The van der Waals surface area contributed by atoms with E-state index in [1.165, 1.54) is 0 Å². The third kappa shape index (κ3) is 4.34. The van der Waals surface area contributed by atoms with Crippen molar-refractivity contribution in [2.75, 3.05) is 33.8 Å². The average Bonchev–Trinajstić information content (AvgIpc) is 2.29. The minimum absolute atomic E-state index is 0.141. The van der Waals surface area contributed by atoms with Gasteiger partial charge in [-0.25, -0.2) is 0 Å². The van der Waals surface area contributed by atoms with Crippen LogP contribution in [0.3, 0.4) is 0 Å². The van der Waals surface area contributed by atoms with E-state index in [0.29, 0.717) is 6.61 Å². The molecule has 1 fully saturated rings. The number of hydrogen-bond acceptors (Lipinski definition) is 4. The van der Waals surface area contributed by atoms with Crippen molar-refractivity contribution in [3.8, 4) is 0 Å². The lowest BCUT2D eigenvalue weighted by molar-refractivity contribution is -0.149. The Balaban J connectivity index is 2.38. The first-order valence-electron chi connectivity index (χ1n) is 6.14. The molecule has 0 aromatic rings. The first-order chi connectivity index (χ1) is 8.04. The number of amides is 1. The molecule has 1 aliphatic heterocycles. The number of carbonyl (C=O) groups is 2. The fourth-order valence-electron chi connectivity index (χ4n) is 2.05. The molecule has 0 aromatic heterocycles. The van der Waals surface area contributed by atoms with E-state index in [1.54, 1.807) is 18.9 Å². The van der Waals surface area contributed by atoms with Gasteiger partial charge < -0.3 is 14.5 Å². The molecule has 1 saturated heterocycles. The Morgan fingerprint density at radius 2 is 1.94 bits per heavy atom. The van der Waals surface area contributed by atoms with Gasteiger partial charge in [-0.3, -0.25) is 9.59 Å². The Bertz CT molecular complexity index is 273. The number of carbonyl (C=O) groups excluding carboxylic acids is 2. The molecule has 1 aliphatic rings. The summed E-state index contributed by atoms with van der Waals surface area (Å²) in [5, 5.41) is 0. The van der Waals surface area contributed by atoms with Gasteiger partial charge >= 0.3 is 5.97 Å². The highest BCUT2D eigenvalue weighted by molar-refractivity contribution is 5.94. The molecule has 0 radical (unpaired) electrons. The Kier molecular flexibility index (Phi) is 5.41. The van der Waals surface area contributed by atoms with Crippen molar-refractivity contribution in [2.45, 2.75) is 32.2 Å². The molecule has 1 rings (SSSR count). The summed E-state index contributed by atoms with van der Waals surface area (Å²) in [6, 6.07) is 0.258.